The molecule has 4 unspecified atom stereocenters. The van der Waals surface area contributed by atoms with E-state index in [9.17, 15) is 29.1 Å². The summed E-state index contributed by atoms with van der Waals surface area (Å²) in [6.07, 6.45) is 19.6. The number of allylic oxidation sites excluding steroid dienone is 8. The molecule has 10 nitrogen and oxygen atoms in total. The van der Waals surface area contributed by atoms with Crippen LogP contribution in [-0.2, 0) is 33.4 Å². The summed E-state index contributed by atoms with van der Waals surface area (Å²) >= 11 is 0. The van der Waals surface area contributed by atoms with Crippen LogP contribution < -0.4 is 10.6 Å². The van der Waals surface area contributed by atoms with E-state index < -0.39 is 53.7 Å². The molecule has 5 atom stereocenters. The van der Waals surface area contributed by atoms with Gasteiger partial charge >= 0.3 is 5.97 Å². The minimum atomic E-state index is -0.977. The average molecular weight is 623 g/mol. The summed E-state index contributed by atoms with van der Waals surface area (Å²) in [6.45, 7) is 3.38. The molecule has 1 fully saturated rings. The van der Waals surface area contributed by atoms with E-state index >= 15 is 0 Å². The van der Waals surface area contributed by atoms with Gasteiger partial charge in [-0.15, -0.1) is 0 Å². The number of rotatable bonds is 5. The van der Waals surface area contributed by atoms with E-state index in [1.807, 2.05) is 6.08 Å². The van der Waals surface area contributed by atoms with Crippen molar-refractivity contribution in [1.29, 1.82) is 0 Å². The first-order chi connectivity index (χ1) is 21.6. The number of nitrogens with one attached hydrogen (secondary N) is 2. The normalized spacial score (nSPS) is 26.6. The number of hydrogen-bond donors (Lipinski definition) is 3. The maximum Gasteiger partial charge on any atom is 0.328 e. The van der Waals surface area contributed by atoms with Crippen LogP contribution >= 0.6 is 0 Å². The first-order valence-corrected chi connectivity index (χ1v) is 15.8. The van der Waals surface area contributed by atoms with Gasteiger partial charge in [0, 0.05) is 37.0 Å². The zero-order chi connectivity index (χ0) is 32.8. The molecule has 2 aliphatic carbocycles. The molecule has 0 radical (unpaired) electrons. The second kappa shape index (κ2) is 18.2. The van der Waals surface area contributed by atoms with Gasteiger partial charge in [0.05, 0.1) is 24.3 Å². The Balaban J connectivity index is 1.75. The van der Waals surface area contributed by atoms with Gasteiger partial charge in [-0.05, 0) is 38.7 Å². The molecule has 0 aromatic rings. The first-order valence-electron chi connectivity index (χ1n) is 15.8. The number of aliphatic hydroxyl groups is 1. The molecule has 3 rings (SSSR count). The molecule has 0 saturated heterocycles. The molecule has 2 bridgehead atoms. The Morgan fingerprint density at radius 3 is 2.47 bits per heavy atom. The summed E-state index contributed by atoms with van der Waals surface area (Å²) in [6, 6.07) is -0.837. The number of fused-ring (bicyclic) bond motifs is 2. The lowest BCUT2D eigenvalue weighted by Gasteiger charge is -2.28. The predicted molar refractivity (Wildman–Crippen MR) is 169 cm³/mol. The quantitative estimate of drug-likeness (QED) is 0.238. The monoisotopic (exact) mass is 622 g/mol. The van der Waals surface area contributed by atoms with Gasteiger partial charge < -0.3 is 25.2 Å². The van der Waals surface area contributed by atoms with Gasteiger partial charge in [0.2, 0.25) is 17.6 Å². The van der Waals surface area contributed by atoms with Crippen molar-refractivity contribution in [3.63, 3.8) is 0 Å². The fraction of sp³-hybridized carbons (Fsp3) is 0.514. The van der Waals surface area contributed by atoms with Crippen molar-refractivity contribution in [3.8, 4) is 0 Å². The van der Waals surface area contributed by atoms with Crippen molar-refractivity contribution in [3.05, 3.63) is 72.0 Å². The predicted octanol–water partition coefficient (Wildman–Crippen LogP) is 3.87. The number of aliphatic hydroxyl groups excluding tert-OH is 1. The fourth-order valence-electron chi connectivity index (χ4n) is 5.41. The van der Waals surface area contributed by atoms with E-state index in [0.29, 0.717) is 12.8 Å². The van der Waals surface area contributed by atoms with Gasteiger partial charge in [-0.1, -0.05) is 74.8 Å². The molecule has 0 aromatic carbocycles. The molecule has 45 heavy (non-hydrogen) atoms. The van der Waals surface area contributed by atoms with Gasteiger partial charge in [0.25, 0.3) is 0 Å². The zero-order valence-corrected chi connectivity index (χ0v) is 26.4. The molecule has 1 saturated carbocycles. The molecule has 3 aliphatic rings. The lowest BCUT2D eigenvalue weighted by Crippen LogP contribution is -2.45. The number of Topliss-reactive ketones (excluding diaryl/α,β-unsaturated/α-hetero) is 1. The third-order valence-corrected chi connectivity index (χ3v) is 8.26. The van der Waals surface area contributed by atoms with E-state index in [0.717, 1.165) is 38.2 Å². The lowest BCUT2D eigenvalue weighted by molar-refractivity contribution is -0.156. The Kier molecular flexibility index (Phi) is 14.4. The Morgan fingerprint density at radius 1 is 1.00 bits per heavy atom. The van der Waals surface area contributed by atoms with Crippen molar-refractivity contribution in [2.24, 2.45) is 11.8 Å². The number of amides is 2. The number of carbonyl (C=O) groups excluding carboxylic acids is 5. The molecule has 244 valence electrons. The summed E-state index contributed by atoms with van der Waals surface area (Å²) < 4.78 is 11.2. The molecular formula is C35H46N2O8. The fourth-order valence-corrected chi connectivity index (χ4v) is 5.41. The minimum Gasteiger partial charge on any atom is -0.460 e. The van der Waals surface area contributed by atoms with Crippen LogP contribution in [0.15, 0.2) is 72.0 Å². The second-order valence-electron chi connectivity index (χ2n) is 11.8. The van der Waals surface area contributed by atoms with E-state index in [4.69, 9.17) is 9.47 Å². The Labute approximate surface area is 265 Å². The summed E-state index contributed by atoms with van der Waals surface area (Å²) in [4.78, 5) is 63.5. The lowest BCUT2D eigenvalue weighted by atomic mass is 9.88. The molecule has 3 N–H and O–H groups in total. The highest BCUT2D eigenvalue weighted by atomic mass is 16.5. The van der Waals surface area contributed by atoms with Crippen LogP contribution in [0, 0.1) is 11.8 Å². The van der Waals surface area contributed by atoms with Crippen molar-refractivity contribution in [1.82, 2.24) is 10.6 Å². The minimum absolute atomic E-state index is 0.0559. The van der Waals surface area contributed by atoms with Crippen LogP contribution in [0.4, 0.5) is 0 Å². The van der Waals surface area contributed by atoms with Crippen molar-refractivity contribution in [2.75, 3.05) is 7.11 Å². The largest absolute Gasteiger partial charge is 0.460 e. The number of methoxy groups -OCH3 is 1. The molecule has 10 heteroatoms. The van der Waals surface area contributed by atoms with Crippen molar-refractivity contribution >= 4 is 29.4 Å². The van der Waals surface area contributed by atoms with Crippen molar-refractivity contribution in [2.45, 2.75) is 96.0 Å². The standard InChI is InChI=1S/C35H46N2O8/c1-23-30(39)18-13-12-16-26-20-27(38)21-29(33(26)41)37-32(40)22-28(44-3)17-10-5-4-6-11-19-31(23)45-35(43)24(2)36-34(42)25-14-8-7-9-15-25/h4-6,10-11,13,17-18,20-21,23-25,28,30-31,39H,7-9,12,14-16,19,22H2,1-3H3,(H,36,42)(H,37,40)/t23?,24-,28?,30?,31?/m1/s1. The molecular weight excluding hydrogens is 576 g/mol. The maximum atomic E-state index is 13.0. The van der Waals surface area contributed by atoms with Crippen LogP contribution in [0.1, 0.15) is 71.6 Å². The highest BCUT2D eigenvalue weighted by Crippen LogP contribution is 2.24. The third kappa shape index (κ3) is 11.5. The first kappa shape index (κ1) is 35.6. The van der Waals surface area contributed by atoms with Gasteiger partial charge in [0.15, 0.2) is 5.78 Å². The van der Waals surface area contributed by atoms with E-state index in [1.54, 1.807) is 56.4 Å². The number of ether oxygens (including phenoxy) is 2. The molecule has 2 amide bonds. The summed E-state index contributed by atoms with van der Waals surface area (Å²) in [5.41, 5.74) is 0.175. The Morgan fingerprint density at radius 2 is 1.73 bits per heavy atom. The van der Waals surface area contributed by atoms with Crippen LogP contribution in [0.5, 0.6) is 0 Å². The SMILES string of the molecule is COC1C=CC=CC=CCC(OC(=O)[C@@H](C)NC(=O)C2CCCCC2)C(C)C(O)C=CCCC2=CC(=O)C=C(NC(=O)C1)C2=O. The summed E-state index contributed by atoms with van der Waals surface area (Å²) in [5, 5.41) is 16.3. The molecule has 1 aliphatic heterocycles. The maximum absolute atomic E-state index is 13.0. The number of carbonyl (C=O) groups is 5. The number of esters is 1. The van der Waals surface area contributed by atoms with Gasteiger partial charge in [0.1, 0.15) is 12.1 Å². The smallest absolute Gasteiger partial charge is 0.328 e. The summed E-state index contributed by atoms with van der Waals surface area (Å²) in [7, 11) is 1.47. The van der Waals surface area contributed by atoms with Crippen LogP contribution in [0.3, 0.4) is 0 Å². The molecule has 0 spiro atoms. The van der Waals surface area contributed by atoms with Gasteiger partial charge in [-0.3, -0.25) is 19.2 Å². The average Bonchev–Trinajstić information content (AvgIpc) is 3.02. The molecule has 0 aromatic heterocycles. The van der Waals surface area contributed by atoms with Crippen LogP contribution in [-0.4, -0.2) is 65.9 Å². The van der Waals surface area contributed by atoms with E-state index in [2.05, 4.69) is 10.6 Å². The highest BCUT2D eigenvalue weighted by Gasteiger charge is 2.30. The second-order valence-corrected chi connectivity index (χ2v) is 11.8. The topological polar surface area (TPSA) is 148 Å². The van der Waals surface area contributed by atoms with Crippen molar-refractivity contribution < 1.29 is 38.6 Å². The third-order valence-electron chi connectivity index (χ3n) is 8.26. The summed E-state index contributed by atoms with van der Waals surface area (Å²) in [5.74, 6) is -2.60. The zero-order valence-electron chi connectivity index (χ0n) is 26.4. The van der Waals surface area contributed by atoms with E-state index in [1.165, 1.54) is 13.2 Å². The van der Waals surface area contributed by atoms with Gasteiger partial charge in [-0.2, -0.15) is 0 Å². The van der Waals surface area contributed by atoms with Gasteiger partial charge in [-0.25, -0.2) is 4.79 Å². The van der Waals surface area contributed by atoms with E-state index in [-0.39, 0.29) is 35.9 Å². The Bertz CT molecular complexity index is 1270. The molecule has 1 heterocycles. The Hall–Kier alpha value is -3.89. The number of hydrogen-bond acceptors (Lipinski definition) is 8. The van der Waals surface area contributed by atoms with Crippen LogP contribution in [0.2, 0.25) is 0 Å². The van der Waals surface area contributed by atoms with Crippen LogP contribution in [0.25, 0.3) is 0 Å². The highest BCUT2D eigenvalue weighted by molar-refractivity contribution is 6.21. The number of ketones is 2.